The molecule has 0 atom stereocenters. The molecule has 2 heterocycles. The Hall–Kier alpha value is -3.22. The van der Waals surface area contributed by atoms with Crippen LogP contribution in [0.2, 0.25) is 0 Å². The van der Waals surface area contributed by atoms with E-state index in [2.05, 4.69) is 10.2 Å². The summed E-state index contributed by atoms with van der Waals surface area (Å²) in [6, 6.07) is 9.46. The molecule has 0 saturated carbocycles. The van der Waals surface area contributed by atoms with Crippen molar-refractivity contribution in [1.82, 2.24) is 0 Å². The van der Waals surface area contributed by atoms with Crippen molar-refractivity contribution in [2.24, 2.45) is 0 Å². The molecule has 2 aromatic rings. The number of piperidine rings is 1. The molecule has 5 nitrogen and oxygen atoms in total. The zero-order valence-electron chi connectivity index (χ0n) is 16.0. The van der Waals surface area contributed by atoms with E-state index < -0.39 is 23.4 Å². The first-order valence-corrected chi connectivity index (χ1v) is 9.62. The van der Waals surface area contributed by atoms with Gasteiger partial charge in [0.15, 0.2) is 0 Å². The number of nitrogens with zero attached hydrogens (tertiary/aromatic N) is 2. The predicted molar refractivity (Wildman–Crippen MR) is 108 cm³/mol. The summed E-state index contributed by atoms with van der Waals surface area (Å²) < 4.78 is 27.5. The van der Waals surface area contributed by atoms with Crippen LogP contribution in [0, 0.1) is 18.6 Å². The lowest BCUT2D eigenvalue weighted by Crippen LogP contribution is -2.32. The lowest BCUT2D eigenvalue weighted by atomic mass is 10.1. The molecule has 0 aromatic heterocycles. The third-order valence-electron chi connectivity index (χ3n) is 5.31. The summed E-state index contributed by atoms with van der Waals surface area (Å²) in [5, 5.41) is 2.65. The van der Waals surface area contributed by atoms with Crippen LogP contribution in [0.1, 0.15) is 24.8 Å². The maximum Gasteiger partial charge on any atom is 0.281 e. The molecular formula is C22H21F2N3O2. The highest BCUT2D eigenvalue weighted by Crippen LogP contribution is 2.28. The Labute approximate surface area is 167 Å². The van der Waals surface area contributed by atoms with Gasteiger partial charge in [-0.2, -0.15) is 0 Å². The minimum atomic E-state index is -0.727. The van der Waals surface area contributed by atoms with Crippen LogP contribution in [0.5, 0.6) is 0 Å². The molecule has 2 amide bonds. The number of amides is 2. The number of anilines is 3. The first-order chi connectivity index (χ1) is 13.9. The average molecular weight is 397 g/mol. The zero-order valence-corrected chi connectivity index (χ0v) is 16.0. The smallest absolute Gasteiger partial charge is 0.281 e. The minimum absolute atomic E-state index is 0.0299. The molecule has 29 heavy (non-hydrogen) atoms. The predicted octanol–water partition coefficient (Wildman–Crippen LogP) is 4.13. The van der Waals surface area contributed by atoms with Gasteiger partial charge in [0.1, 0.15) is 17.3 Å². The third-order valence-corrected chi connectivity index (χ3v) is 5.31. The second-order valence-corrected chi connectivity index (χ2v) is 7.29. The monoisotopic (exact) mass is 397 g/mol. The zero-order chi connectivity index (χ0) is 20.5. The summed E-state index contributed by atoms with van der Waals surface area (Å²) in [4.78, 5) is 28.4. The number of benzene rings is 2. The van der Waals surface area contributed by atoms with E-state index in [1.54, 1.807) is 12.1 Å². The first kappa shape index (κ1) is 19.1. The normalized spacial score (nSPS) is 17.0. The van der Waals surface area contributed by atoms with Gasteiger partial charge >= 0.3 is 0 Å². The SMILES string of the molecule is Cc1c(F)cc(NC2=CC(=O)N(c3ccc(N4CCCCC4)cc3)C2=O)cc1F. The van der Waals surface area contributed by atoms with Crippen molar-refractivity contribution in [2.75, 3.05) is 28.2 Å². The van der Waals surface area contributed by atoms with Gasteiger partial charge in [0.25, 0.3) is 11.8 Å². The van der Waals surface area contributed by atoms with E-state index in [4.69, 9.17) is 0 Å². The van der Waals surface area contributed by atoms with Crippen LogP contribution in [0.25, 0.3) is 0 Å². The Morgan fingerprint density at radius 1 is 0.897 bits per heavy atom. The molecule has 1 fully saturated rings. The van der Waals surface area contributed by atoms with E-state index in [9.17, 15) is 18.4 Å². The van der Waals surface area contributed by atoms with Crippen LogP contribution in [-0.2, 0) is 9.59 Å². The number of rotatable bonds is 4. The van der Waals surface area contributed by atoms with Gasteiger partial charge in [0.2, 0.25) is 0 Å². The van der Waals surface area contributed by atoms with E-state index in [0.29, 0.717) is 5.69 Å². The standard InChI is InChI=1S/C22H21F2N3O2/c1-14-18(23)11-15(12-19(14)24)25-20-13-21(28)27(22(20)29)17-7-5-16(6-8-17)26-9-3-2-4-10-26/h5-8,11-13,25H,2-4,9-10H2,1H3. The van der Waals surface area contributed by atoms with Crippen molar-refractivity contribution in [3.05, 3.63) is 65.4 Å². The van der Waals surface area contributed by atoms with Gasteiger partial charge in [-0.3, -0.25) is 9.59 Å². The quantitative estimate of drug-likeness (QED) is 0.788. The van der Waals surface area contributed by atoms with Gasteiger partial charge in [-0.1, -0.05) is 0 Å². The van der Waals surface area contributed by atoms with E-state index in [1.807, 2.05) is 12.1 Å². The van der Waals surface area contributed by atoms with Gasteiger partial charge in [0, 0.05) is 36.1 Å². The Kier molecular flexibility index (Phi) is 5.05. The second kappa shape index (κ2) is 7.66. The van der Waals surface area contributed by atoms with Crippen molar-refractivity contribution in [1.29, 1.82) is 0 Å². The molecule has 2 aliphatic rings. The highest BCUT2D eigenvalue weighted by atomic mass is 19.1. The van der Waals surface area contributed by atoms with E-state index in [-0.39, 0.29) is 16.9 Å². The molecule has 0 bridgehead atoms. The number of imide groups is 1. The summed E-state index contributed by atoms with van der Waals surface area (Å²) in [5.41, 5.74) is 1.45. The number of nitrogens with one attached hydrogen (secondary N) is 1. The maximum atomic E-state index is 13.8. The molecule has 4 rings (SSSR count). The highest BCUT2D eigenvalue weighted by molar-refractivity contribution is 6.31. The molecule has 150 valence electrons. The average Bonchev–Trinajstić information content (AvgIpc) is 3.00. The van der Waals surface area contributed by atoms with Gasteiger partial charge < -0.3 is 10.2 Å². The number of hydrogen-bond donors (Lipinski definition) is 1. The second-order valence-electron chi connectivity index (χ2n) is 7.29. The summed E-state index contributed by atoms with van der Waals surface area (Å²) in [5.74, 6) is -2.52. The van der Waals surface area contributed by atoms with Gasteiger partial charge in [-0.25, -0.2) is 13.7 Å². The Bertz CT molecular complexity index is 973. The molecule has 0 radical (unpaired) electrons. The van der Waals surface area contributed by atoms with Crippen molar-refractivity contribution in [3.8, 4) is 0 Å². The van der Waals surface area contributed by atoms with Crippen LogP contribution >= 0.6 is 0 Å². The summed E-state index contributed by atoms with van der Waals surface area (Å²) in [6.45, 7) is 3.33. The fraction of sp³-hybridized carbons (Fsp3) is 0.273. The van der Waals surface area contributed by atoms with E-state index in [0.717, 1.165) is 54.7 Å². The molecule has 2 aliphatic heterocycles. The molecule has 1 N–H and O–H groups in total. The number of hydrogen-bond acceptors (Lipinski definition) is 4. The topological polar surface area (TPSA) is 52.7 Å². The fourth-order valence-electron chi connectivity index (χ4n) is 3.64. The van der Waals surface area contributed by atoms with Gasteiger partial charge in [-0.05, 0) is 62.6 Å². The van der Waals surface area contributed by atoms with E-state index in [1.165, 1.54) is 13.3 Å². The maximum absolute atomic E-state index is 13.8. The van der Waals surface area contributed by atoms with E-state index >= 15 is 0 Å². The van der Waals surface area contributed by atoms with Gasteiger partial charge in [-0.15, -0.1) is 0 Å². The molecule has 0 spiro atoms. The molecule has 7 heteroatoms. The summed E-state index contributed by atoms with van der Waals surface area (Å²) >= 11 is 0. The first-order valence-electron chi connectivity index (χ1n) is 9.62. The van der Waals surface area contributed by atoms with Crippen molar-refractivity contribution in [2.45, 2.75) is 26.2 Å². The van der Waals surface area contributed by atoms with Crippen molar-refractivity contribution in [3.63, 3.8) is 0 Å². The van der Waals surface area contributed by atoms with Crippen LogP contribution in [0.4, 0.5) is 25.8 Å². The van der Waals surface area contributed by atoms with Crippen LogP contribution in [-0.4, -0.2) is 24.9 Å². The lowest BCUT2D eigenvalue weighted by Gasteiger charge is -2.29. The third kappa shape index (κ3) is 3.72. The Morgan fingerprint density at radius 2 is 1.48 bits per heavy atom. The number of carbonyl (C=O) groups excluding carboxylic acids is 2. The fourth-order valence-corrected chi connectivity index (χ4v) is 3.64. The summed E-state index contributed by atoms with van der Waals surface area (Å²) in [7, 11) is 0. The molecule has 1 saturated heterocycles. The highest BCUT2D eigenvalue weighted by Gasteiger charge is 2.32. The molecule has 2 aromatic carbocycles. The summed E-state index contributed by atoms with van der Waals surface area (Å²) in [6.07, 6.45) is 4.69. The Morgan fingerprint density at radius 3 is 2.10 bits per heavy atom. The van der Waals surface area contributed by atoms with Crippen LogP contribution in [0.3, 0.4) is 0 Å². The number of carbonyl (C=O) groups is 2. The van der Waals surface area contributed by atoms with Crippen molar-refractivity contribution >= 4 is 28.9 Å². The molecular weight excluding hydrogens is 376 g/mol. The van der Waals surface area contributed by atoms with Gasteiger partial charge in [0.05, 0.1) is 5.69 Å². The number of halogens is 2. The largest absolute Gasteiger partial charge is 0.372 e. The molecule has 0 unspecified atom stereocenters. The van der Waals surface area contributed by atoms with Crippen LogP contribution < -0.4 is 15.1 Å². The minimum Gasteiger partial charge on any atom is -0.372 e. The lowest BCUT2D eigenvalue weighted by molar-refractivity contribution is -0.120. The van der Waals surface area contributed by atoms with Crippen molar-refractivity contribution < 1.29 is 18.4 Å². The van der Waals surface area contributed by atoms with Crippen LogP contribution in [0.15, 0.2) is 48.2 Å². The molecule has 0 aliphatic carbocycles. The Balaban J connectivity index is 1.51.